The molecule has 0 bridgehead atoms. The van der Waals surface area contributed by atoms with Crippen molar-refractivity contribution in [3.63, 3.8) is 0 Å². The number of piperazine rings is 1. The molecule has 0 amide bonds. The molecule has 162 valence electrons. The number of likely N-dealkylation sites (N-methyl/N-ethyl adjacent to an activating group) is 1. The summed E-state index contributed by atoms with van der Waals surface area (Å²) in [6.07, 6.45) is 1.91. The van der Waals surface area contributed by atoms with Gasteiger partial charge in [-0.3, -0.25) is 4.99 Å². The van der Waals surface area contributed by atoms with Crippen molar-refractivity contribution >= 4 is 11.8 Å². The maximum absolute atomic E-state index is 4.59. The van der Waals surface area contributed by atoms with Gasteiger partial charge in [-0.05, 0) is 42.6 Å². The van der Waals surface area contributed by atoms with E-state index in [9.17, 15) is 0 Å². The van der Waals surface area contributed by atoms with Crippen molar-refractivity contribution in [1.29, 1.82) is 0 Å². The van der Waals surface area contributed by atoms with Gasteiger partial charge in [0.05, 0.1) is 0 Å². The molecule has 0 spiro atoms. The highest BCUT2D eigenvalue weighted by atomic mass is 15.3. The van der Waals surface area contributed by atoms with Crippen LogP contribution < -0.4 is 15.5 Å². The zero-order valence-electron chi connectivity index (χ0n) is 18.9. The standard InChI is InChI=1S/C24H36N6/c1-5-29-12-14-30(15-13-29)23-16-21(10-11-26-23)18-28-24(25-4)27-17-20(3)22-8-6-19(2)7-9-22/h6-11,16,20H,5,12-15,17-18H2,1-4H3,(H2,25,27,28). The van der Waals surface area contributed by atoms with E-state index in [0.29, 0.717) is 5.92 Å². The van der Waals surface area contributed by atoms with Crippen LogP contribution in [0.2, 0.25) is 0 Å². The third-order valence-electron chi connectivity index (χ3n) is 5.86. The molecule has 0 radical (unpaired) electrons. The molecule has 2 N–H and O–H groups in total. The summed E-state index contributed by atoms with van der Waals surface area (Å²) in [7, 11) is 1.82. The van der Waals surface area contributed by atoms with Gasteiger partial charge in [0.1, 0.15) is 5.82 Å². The molecule has 1 fully saturated rings. The van der Waals surface area contributed by atoms with Crippen molar-refractivity contribution in [3.05, 3.63) is 59.3 Å². The summed E-state index contributed by atoms with van der Waals surface area (Å²) >= 11 is 0. The van der Waals surface area contributed by atoms with E-state index in [1.807, 2.05) is 13.2 Å². The van der Waals surface area contributed by atoms with Crippen LogP contribution in [0.1, 0.15) is 36.5 Å². The smallest absolute Gasteiger partial charge is 0.191 e. The highest BCUT2D eigenvalue weighted by Gasteiger charge is 2.17. The first kappa shape index (κ1) is 22.1. The molecule has 30 heavy (non-hydrogen) atoms. The number of nitrogens with zero attached hydrogens (tertiary/aromatic N) is 4. The molecule has 6 heteroatoms. The van der Waals surface area contributed by atoms with Crippen LogP contribution in [0.4, 0.5) is 5.82 Å². The number of hydrogen-bond acceptors (Lipinski definition) is 4. The predicted molar refractivity (Wildman–Crippen MR) is 126 cm³/mol. The van der Waals surface area contributed by atoms with Crippen LogP contribution in [-0.2, 0) is 6.54 Å². The Balaban J connectivity index is 1.49. The second-order valence-electron chi connectivity index (χ2n) is 8.06. The summed E-state index contributed by atoms with van der Waals surface area (Å²) in [5.41, 5.74) is 3.85. The lowest BCUT2D eigenvalue weighted by Crippen LogP contribution is -2.46. The van der Waals surface area contributed by atoms with Crippen molar-refractivity contribution in [2.75, 3.05) is 51.2 Å². The Hall–Kier alpha value is -2.60. The zero-order chi connectivity index (χ0) is 21.3. The normalized spacial score (nSPS) is 16.4. The number of aryl methyl sites for hydroxylation is 1. The van der Waals surface area contributed by atoms with E-state index < -0.39 is 0 Å². The van der Waals surface area contributed by atoms with Crippen LogP contribution >= 0.6 is 0 Å². The predicted octanol–water partition coefficient (Wildman–Crippen LogP) is 3.00. The number of hydrogen-bond donors (Lipinski definition) is 2. The van der Waals surface area contributed by atoms with E-state index in [4.69, 9.17) is 0 Å². The van der Waals surface area contributed by atoms with Gasteiger partial charge < -0.3 is 20.4 Å². The Morgan fingerprint density at radius 2 is 1.83 bits per heavy atom. The minimum atomic E-state index is 0.415. The van der Waals surface area contributed by atoms with Gasteiger partial charge in [-0.15, -0.1) is 0 Å². The Labute approximate surface area is 181 Å². The average molecular weight is 409 g/mol. The lowest BCUT2D eigenvalue weighted by molar-refractivity contribution is 0.270. The Morgan fingerprint density at radius 3 is 2.50 bits per heavy atom. The van der Waals surface area contributed by atoms with Crippen molar-refractivity contribution in [3.8, 4) is 0 Å². The monoisotopic (exact) mass is 408 g/mol. The quantitative estimate of drug-likeness (QED) is 0.545. The highest BCUT2D eigenvalue weighted by molar-refractivity contribution is 5.79. The molecular formula is C24H36N6. The minimum Gasteiger partial charge on any atom is -0.356 e. The molecule has 3 rings (SSSR count). The van der Waals surface area contributed by atoms with Crippen LogP contribution in [0.15, 0.2) is 47.6 Å². The van der Waals surface area contributed by atoms with Gasteiger partial charge in [0.25, 0.3) is 0 Å². The summed E-state index contributed by atoms with van der Waals surface area (Å²) < 4.78 is 0. The molecule has 1 aliphatic rings. The summed E-state index contributed by atoms with van der Waals surface area (Å²) in [4.78, 5) is 13.8. The number of benzene rings is 1. The molecule has 2 aromatic rings. The number of anilines is 1. The third kappa shape index (κ3) is 6.20. The first-order chi connectivity index (χ1) is 14.6. The molecule has 1 aromatic carbocycles. The minimum absolute atomic E-state index is 0.415. The van der Waals surface area contributed by atoms with E-state index in [2.05, 4.69) is 87.6 Å². The van der Waals surface area contributed by atoms with Crippen molar-refractivity contribution in [1.82, 2.24) is 20.5 Å². The summed E-state index contributed by atoms with van der Waals surface area (Å²) in [6.45, 7) is 13.6. The average Bonchev–Trinajstić information content (AvgIpc) is 2.79. The molecule has 1 saturated heterocycles. The molecule has 1 aromatic heterocycles. The number of aliphatic imine (C=N–C) groups is 1. The first-order valence-corrected chi connectivity index (χ1v) is 11.0. The van der Waals surface area contributed by atoms with Crippen LogP contribution in [0.3, 0.4) is 0 Å². The lowest BCUT2D eigenvalue weighted by Gasteiger charge is -2.34. The summed E-state index contributed by atoms with van der Waals surface area (Å²) in [5.74, 6) is 2.31. The number of aromatic nitrogens is 1. The third-order valence-corrected chi connectivity index (χ3v) is 5.86. The van der Waals surface area contributed by atoms with Crippen LogP contribution in [-0.4, -0.2) is 62.2 Å². The number of rotatable bonds is 7. The van der Waals surface area contributed by atoms with Gasteiger partial charge in [0.2, 0.25) is 0 Å². The van der Waals surface area contributed by atoms with E-state index in [0.717, 1.165) is 57.6 Å². The van der Waals surface area contributed by atoms with E-state index in [-0.39, 0.29) is 0 Å². The molecule has 0 aliphatic carbocycles. The van der Waals surface area contributed by atoms with E-state index >= 15 is 0 Å². The molecular weight excluding hydrogens is 372 g/mol. The fourth-order valence-corrected chi connectivity index (χ4v) is 3.71. The van der Waals surface area contributed by atoms with E-state index in [1.54, 1.807) is 0 Å². The first-order valence-electron chi connectivity index (χ1n) is 11.0. The number of guanidine groups is 1. The van der Waals surface area contributed by atoms with Crippen molar-refractivity contribution in [2.24, 2.45) is 4.99 Å². The van der Waals surface area contributed by atoms with Crippen molar-refractivity contribution in [2.45, 2.75) is 33.2 Å². The van der Waals surface area contributed by atoms with Gasteiger partial charge in [0, 0.05) is 52.5 Å². The second-order valence-corrected chi connectivity index (χ2v) is 8.06. The molecule has 0 saturated carbocycles. The Bertz CT molecular complexity index is 809. The van der Waals surface area contributed by atoms with Gasteiger partial charge in [-0.1, -0.05) is 43.7 Å². The SMILES string of the molecule is CCN1CCN(c2cc(CNC(=NC)NCC(C)c3ccc(C)cc3)ccn2)CC1. The molecule has 6 nitrogen and oxygen atoms in total. The molecule has 1 atom stereocenters. The van der Waals surface area contributed by atoms with Gasteiger partial charge in [0.15, 0.2) is 5.96 Å². The van der Waals surface area contributed by atoms with Gasteiger partial charge >= 0.3 is 0 Å². The van der Waals surface area contributed by atoms with Crippen LogP contribution in [0.25, 0.3) is 0 Å². The second kappa shape index (κ2) is 11.0. The fourth-order valence-electron chi connectivity index (χ4n) is 3.71. The largest absolute Gasteiger partial charge is 0.356 e. The Kier molecular flexibility index (Phi) is 8.08. The Morgan fingerprint density at radius 1 is 1.10 bits per heavy atom. The summed E-state index contributed by atoms with van der Waals surface area (Å²) in [6, 6.07) is 13.0. The van der Waals surface area contributed by atoms with Crippen LogP contribution in [0, 0.1) is 6.92 Å². The zero-order valence-corrected chi connectivity index (χ0v) is 18.9. The fraction of sp³-hybridized carbons (Fsp3) is 0.500. The number of nitrogens with one attached hydrogen (secondary N) is 2. The van der Waals surface area contributed by atoms with Gasteiger partial charge in [-0.25, -0.2) is 4.98 Å². The molecule has 1 aliphatic heterocycles. The highest BCUT2D eigenvalue weighted by Crippen LogP contribution is 2.16. The summed E-state index contributed by atoms with van der Waals surface area (Å²) in [5, 5.41) is 6.88. The molecule has 2 heterocycles. The van der Waals surface area contributed by atoms with Gasteiger partial charge in [-0.2, -0.15) is 0 Å². The number of pyridine rings is 1. The topological polar surface area (TPSA) is 55.8 Å². The lowest BCUT2D eigenvalue weighted by atomic mass is 10.0. The molecule has 1 unspecified atom stereocenters. The van der Waals surface area contributed by atoms with Crippen molar-refractivity contribution < 1.29 is 0 Å². The van der Waals surface area contributed by atoms with Crippen LogP contribution in [0.5, 0.6) is 0 Å². The maximum atomic E-state index is 4.59. The van der Waals surface area contributed by atoms with E-state index in [1.165, 1.54) is 16.7 Å². The maximum Gasteiger partial charge on any atom is 0.191 e.